The Labute approximate surface area is 145 Å². The Morgan fingerprint density at radius 2 is 1.88 bits per heavy atom. The Morgan fingerprint density at radius 3 is 2.44 bits per heavy atom. The van der Waals surface area contributed by atoms with Crippen LogP contribution in [-0.4, -0.2) is 30.9 Å². The first-order chi connectivity index (χ1) is 11.5. The van der Waals surface area contributed by atoms with Gasteiger partial charge in [-0.1, -0.05) is 39.0 Å². The highest BCUT2D eigenvalue weighted by atomic mass is 19.4. The van der Waals surface area contributed by atoms with Gasteiger partial charge in [0, 0.05) is 5.41 Å². The van der Waals surface area contributed by atoms with Gasteiger partial charge in [0.1, 0.15) is 12.2 Å². The van der Waals surface area contributed by atoms with Gasteiger partial charge in [-0.05, 0) is 18.6 Å². The van der Waals surface area contributed by atoms with Gasteiger partial charge in [-0.2, -0.15) is 13.2 Å². The quantitative estimate of drug-likeness (QED) is 0.815. The number of hydrogen-bond acceptors (Lipinski definition) is 4. The summed E-state index contributed by atoms with van der Waals surface area (Å²) in [5.41, 5.74) is -1.07. The van der Waals surface area contributed by atoms with Gasteiger partial charge in [-0.25, -0.2) is 0 Å². The highest BCUT2D eigenvalue weighted by Crippen LogP contribution is 2.33. The third-order valence-electron chi connectivity index (χ3n) is 3.90. The lowest BCUT2D eigenvalue weighted by Gasteiger charge is -2.40. The molecule has 7 heteroatoms. The predicted octanol–water partition coefficient (Wildman–Crippen LogP) is 3.97. The number of hydrogen-bond donors (Lipinski definition) is 0. The van der Waals surface area contributed by atoms with E-state index in [1.54, 1.807) is 0 Å². The van der Waals surface area contributed by atoms with E-state index >= 15 is 0 Å². The van der Waals surface area contributed by atoms with E-state index in [-0.39, 0.29) is 30.0 Å². The van der Waals surface area contributed by atoms with Crippen LogP contribution in [0.15, 0.2) is 24.3 Å². The first kappa shape index (κ1) is 19.9. The van der Waals surface area contributed by atoms with Crippen LogP contribution in [0.5, 0.6) is 0 Å². The summed E-state index contributed by atoms with van der Waals surface area (Å²) >= 11 is 0. The summed E-state index contributed by atoms with van der Waals surface area (Å²) in [6.07, 6.45) is -6.66. The minimum absolute atomic E-state index is 0.00949. The van der Waals surface area contributed by atoms with Crippen molar-refractivity contribution in [2.45, 2.75) is 59.0 Å². The largest absolute Gasteiger partial charge is 0.416 e. The molecule has 0 N–H and O–H groups in total. The molecule has 4 nitrogen and oxygen atoms in total. The van der Waals surface area contributed by atoms with Gasteiger partial charge in [0.2, 0.25) is 0 Å². The molecule has 0 unspecified atom stereocenters. The average Bonchev–Trinajstić information content (AvgIpc) is 2.51. The highest BCUT2D eigenvalue weighted by Gasteiger charge is 2.41. The molecule has 0 bridgehead atoms. The molecule has 1 saturated heterocycles. The van der Waals surface area contributed by atoms with Crippen LogP contribution in [0.2, 0.25) is 0 Å². The van der Waals surface area contributed by atoms with Crippen molar-refractivity contribution in [2.24, 2.45) is 5.41 Å². The highest BCUT2D eigenvalue weighted by molar-refractivity contribution is 5.81. The summed E-state index contributed by atoms with van der Waals surface area (Å²) in [7, 11) is 0. The Hall–Kier alpha value is -1.44. The molecule has 0 aromatic heterocycles. The van der Waals surface area contributed by atoms with Gasteiger partial charge in [0.05, 0.1) is 18.8 Å². The summed E-state index contributed by atoms with van der Waals surface area (Å²) in [4.78, 5) is 11.9. The number of ketones is 1. The first-order valence-electron chi connectivity index (χ1n) is 8.04. The van der Waals surface area contributed by atoms with Gasteiger partial charge in [-0.15, -0.1) is 0 Å². The van der Waals surface area contributed by atoms with Gasteiger partial charge in [-0.3, -0.25) is 4.79 Å². The fourth-order valence-electron chi connectivity index (χ4n) is 2.60. The summed E-state index contributed by atoms with van der Waals surface area (Å²) in [6, 6.07) is 5.20. The summed E-state index contributed by atoms with van der Waals surface area (Å²) < 4.78 is 56.0. The average molecular weight is 360 g/mol. The van der Waals surface area contributed by atoms with Crippen LogP contribution in [-0.2, 0) is 31.8 Å². The molecule has 1 fully saturated rings. The molecule has 0 radical (unpaired) electrons. The molecule has 140 valence electrons. The van der Waals surface area contributed by atoms with Crippen LogP contribution >= 0.6 is 0 Å². The molecule has 3 atom stereocenters. The molecular formula is C18H23F3O4. The second-order valence-corrected chi connectivity index (χ2v) is 7.20. The molecule has 25 heavy (non-hydrogen) atoms. The third kappa shape index (κ3) is 5.03. The molecule has 1 aromatic rings. The van der Waals surface area contributed by atoms with E-state index in [0.29, 0.717) is 0 Å². The zero-order valence-corrected chi connectivity index (χ0v) is 14.7. The van der Waals surface area contributed by atoms with Crippen molar-refractivity contribution in [1.29, 1.82) is 0 Å². The van der Waals surface area contributed by atoms with Gasteiger partial charge in [0.25, 0.3) is 0 Å². The SMILES string of the molecule is CC(=O)[C@H]1O[C@@H](C(C)(C)C)OC[C@H]1OCc1ccccc1C(F)(F)F. The lowest BCUT2D eigenvalue weighted by molar-refractivity contribution is -0.285. The van der Waals surface area contributed by atoms with Crippen LogP contribution in [0.1, 0.15) is 38.8 Å². The van der Waals surface area contributed by atoms with Gasteiger partial charge >= 0.3 is 6.18 Å². The number of Topliss-reactive ketones (excluding diaryl/α,β-unsaturated/α-hetero) is 1. The second kappa shape index (κ2) is 7.43. The van der Waals surface area contributed by atoms with Crippen molar-refractivity contribution < 1.29 is 32.2 Å². The van der Waals surface area contributed by atoms with E-state index in [0.717, 1.165) is 6.07 Å². The van der Waals surface area contributed by atoms with E-state index < -0.39 is 30.2 Å². The van der Waals surface area contributed by atoms with Gasteiger partial charge < -0.3 is 14.2 Å². The third-order valence-corrected chi connectivity index (χ3v) is 3.90. The lowest BCUT2D eigenvalue weighted by atomic mass is 9.94. The molecule has 0 spiro atoms. The number of carbonyl (C=O) groups excluding carboxylic acids is 1. The molecular weight excluding hydrogens is 337 g/mol. The molecule has 0 saturated carbocycles. The Morgan fingerprint density at radius 1 is 1.24 bits per heavy atom. The first-order valence-corrected chi connectivity index (χ1v) is 8.04. The Kier molecular flexibility index (Phi) is 5.91. The number of alkyl halides is 3. The summed E-state index contributed by atoms with van der Waals surface area (Å²) in [6.45, 7) is 6.91. The smallest absolute Gasteiger partial charge is 0.368 e. The van der Waals surface area contributed by atoms with Crippen LogP contribution in [0.4, 0.5) is 13.2 Å². The van der Waals surface area contributed by atoms with Crippen LogP contribution in [0, 0.1) is 5.41 Å². The molecule has 0 aliphatic carbocycles. The molecule has 2 rings (SSSR count). The topological polar surface area (TPSA) is 44.8 Å². The number of carbonyl (C=O) groups is 1. The fourth-order valence-corrected chi connectivity index (χ4v) is 2.60. The van der Waals surface area contributed by atoms with Crippen LogP contribution in [0.25, 0.3) is 0 Å². The fraction of sp³-hybridized carbons (Fsp3) is 0.611. The molecule has 1 heterocycles. The van der Waals surface area contributed by atoms with E-state index in [2.05, 4.69) is 0 Å². The minimum atomic E-state index is -4.46. The van der Waals surface area contributed by atoms with Crippen LogP contribution < -0.4 is 0 Å². The van der Waals surface area contributed by atoms with Crippen molar-refractivity contribution in [3.05, 3.63) is 35.4 Å². The van der Waals surface area contributed by atoms with Crippen molar-refractivity contribution in [2.75, 3.05) is 6.61 Å². The standard InChI is InChI=1S/C18H23F3O4/c1-11(22)15-14(10-24-16(25-15)17(2,3)4)23-9-12-7-5-6-8-13(12)18(19,20)21/h5-8,14-16H,9-10H2,1-4H3/t14-,15-,16+/m1/s1. The molecule has 0 amide bonds. The molecule has 1 aromatic carbocycles. The monoisotopic (exact) mass is 360 g/mol. The van der Waals surface area contributed by atoms with E-state index in [9.17, 15) is 18.0 Å². The van der Waals surface area contributed by atoms with Crippen molar-refractivity contribution in [3.8, 4) is 0 Å². The predicted molar refractivity (Wildman–Crippen MR) is 84.8 cm³/mol. The maximum atomic E-state index is 13.0. The minimum Gasteiger partial charge on any atom is -0.368 e. The maximum Gasteiger partial charge on any atom is 0.416 e. The summed E-state index contributed by atoms with van der Waals surface area (Å²) in [5, 5.41) is 0. The summed E-state index contributed by atoms with van der Waals surface area (Å²) in [5.74, 6) is -0.244. The van der Waals surface area contributed by atoms with E-state index in [4.69, 9.17) is 14.2 Å². The van der Waals surface area contributed by atoms with Crippen molar-refractivity contribution in [3.63, 3.8) is 0 Å². The van der Waals surface area contributed by atoms with Crippen molar-refractivity contribution >= 4 is 5.78 Å². The maximum absolute atomic E-state index is 13.0. The molecule has 1 aliphatic heterocycles. The molecule has 1 aliphatic rings. The zero-order chi connectivity index (χ0) is 18.8. The number of halogens is 3. The second-order valence-electron chi connectivity index (χ2n) is 7.20. The van der Waals surface area contributed by atoms with E-state index in [1.807, 2.05) is 20.8 Å². The number of rotatable bonds is 4. The number of benzene rings is 1. The normalized spacial score (nSPS) is 25.0. The number of ether oxygens (including phenoxy) is 3. The zero-order valence-electron chi connectivity index (χ0n) is 14.7. The Balaban J connectivity index is 2.09. The van der Waals surface area contributed by atoms with E-state index in [1.165, 1.54) is 25.1 Å². The van der Waals surface area contributed by atoms with Crippen molar-refractivity contribution in [1.82, 2.24) is 0 Å². The Bertz CT molecular complexity index is 607. The lowest BCUT2D eigenvalue weighted by Crippen LogP contribution is -2.52. The van der Waals surface area contributed by atoms with Gasteiger partial charge in [0.15, 0.2) is 12.1 Å². The van der Waals surface area contributed by atoms with Crippen LogP contribution in [0.3, 0.4) is 0 Å².